The maximum Gasteiger partial charge on any atom is 0.0208 e. The summed E-state index contributed by atoms with van der Waals surface area (Å²) in [5.74, 6) is 0. The van der Waals surface area contributed by atoms with E-state index in [2.05, 4.69) is 102 Å². The molecule has 0 atom stereocenters. The molecule has 0 heterocycles. The van der Waals surface area contributed by atoms with E-state index in [1.54, 1.807) is 0 Å². The molecule has 1 nitrogen and oxygen atoms in total. The van der Waals surface area contributed by atoms with Crippen molar-refractivity contribution in [3.63, 3.8) is 0 Å². The molecule has 1 aliphatic carbocycles. The molecule has 0 unspecified atom stereocenters. The van der Waals surface area contributed by atoms with E-state index in [-0.39, 0.29) is 0 Å². The van der Waals surface area contributed by atoms with Gasteiger partial charge in [-0.3, -0.25) is 0 Å². The standard InChI is InChI=1S/C24H21N/c1-2-8-19(9-3-1)18-25-17-16-24-22-12-6-4-10-20(22)14-15-21-11-5-7-13-23(21)24/h1-16,25H,17-18H2. The van der Waals surface area contributed by atoms with Crippen LogP contribution in [-0.4, -0.2) is 6.54 Å². The topological polar surface area (TPSA) is 12.0 Å². The smallest absolute Gasteiger partial charge is 0.0208 e. The summed E-state index contributed by atoms with van der Waals surface area (Å²) in [4.78, 5) is 0. The van der Waals surface area contributed by atoms with Crippen LogP contribution >= 0.6 is 0 Å². The van der Waals surface area contributed by atoms with Crippen molar-refractivity contribution in [1.82, 2.24) is 5.32 Å². The predicted molar refractivity (Wildman–Crippen MR) is 107 cm³/mol. The molecule has 25 heavy (non-hydrogen) atoms. The molecule has 4 rings (SSSR count). The van der Waals surface area contributed by atoms with Gasteiger partial charge in [-0.2, -0.15) is 0 Å². The lowest BCUT2D eigenvalue weighted by atomic mass is 9.93. The van der Waals surface area contributed by atoms with Gasteiger partial charge in [-0.05, 0) is 33.4 Å². The summed E-state index contributed by atoms with van der Waals surface area (Å²) in [6.45, 7) is 1.72. The lowest BCUT2D eigenvalue weighted by Gasteiger charge is -2.12. The van der Waals surface area contributed by atoms with E-state index in [1.165, 1.54) is 33.4 Å². The predicted octanol–water partition coefficient (Wildman–Crippen LogP) is 5.39. The van der Waals surface area contributed by atoms with E-state index < -0.39 is 0 Å². The maximum absolute atomic E-state index is 3.53. The summed E-state index contributed by atoms with van der Waals surface area (Å²) < 4.78 is 0. The van der Waals surface area contributed by atoms with Gasteiger partial charge in [0.05, 0.1) is 0 Å². The van der Waals surface area contributed by atoms with Crippen LogP contribution in [0.5, 0.6) is 0 Å². The summed E-state index contributed by atoms with van der Waals surface area (Å²) >= 11 is 0. The molecule has 0 spiro atoms. The monoisotopic (exact) mass is 323 g/mol. The van der Waals surface area contributed by atoms with E-state index in [1.807, 2.05) is 0 Å². The number of benzene rings is 3. The van der Waals surface area contributed by atoms with E-state index in [0.29, 0.717) is 0 Å². The van der Waals surface area contributed by atoms with Crippen molar-refractivity contribution in [2.75, 3.05) is 6.54 Å². The van der Waals surface area contributed by atoms with Gasteiger partial charge < -0.3 is 5.32 Å². The third-order valence-electron chi connectivity index (χ3n) is 4.57. The molecule has 0 aromatic heterocycles. The minimum absolute atomic E-state index is 0.840. The number of hydrogen-bond donors (Lipinski definition) is 1. The first kappa shape index (κ1) is 15.6. The first-order valence-electron chi connectivity index (χ1n) is 8.73. The van der Waals surface area contributed by atoms with Crippen LogP contribution in [0.4, 0.5) is 0 Å². The third-order valence-corrected chi connectivity index (χ3v) is 4.57. The van der Waals surface area contributed by atoms with Crippen LogP contribution in [-0.2, 0) is 6.54 Å². The SMILES string of the molecule is C1=Cc2ccccc2C(=CCNCc2ccccc2)c2ccccc21. The third kappa shape index (κ3) is 3.47. The van der Waals surface area contributed by atoms with Gasteiger partial charge >= 0.3 is 0 Å². The lowest BCUT2D eigenvalue weighted by molar-refractivity contribution is 0.760. The van der Waals surface area contributed by atoms with Crippen LogP contribution in [0.2, 0.25) is 0 Å². The molecule has 0 saturated heterocycles. The number of nitrogens with one attached hydrogen (secondary N) is 1. The number of fused-ring (bicyclic) bond motifs is 2. The summed E-state index contributed by atoms with van der Waals surface area (Å²) in [5.41, 5.74) is 7.75. The fourth-order valence-electron chi connectivity index (χ4n) is 3.31. The molecule has 0 bridgehead atoms. The van der Waals surface area contributed by atoms with Crippen molar-refractivity contribution in [1.29, 1.82) is 0 Å². The van der Waals surface area contributed by atoms with E-state index in [4.69, 9.17) is 0 Å². The Hall–Kier alpha value is -2.90. The van der Waals surface area contributed by atoms with Crippen LogP contribution in [0, 0.1) is 0 Å². The summed E-state index contributed by atoms with van der Waals surface area (Å²) in [5, 5.41) is 3.53. The molecule has 1 heteroatoms. The average Bonchev–Trinajstić information content (AvgIpc) is 2.83. The number of rotatable bonds is 4. The highest BCUT2D eigenvalue weighted by atomic mass is 14.8. The quantitative estimate of drug-likeness (QED) is 0.496. The minimum Gasteiger partial charge on any atom is -0.309 e. The Morgan fingerprint density at radius 3 is 1.84 bits per heavy atom. The van der Waals surface area contributed by atoms with Crippen LogP contribution < -0.4 is 5.32 Å². The van der Waals surface area contributed by atoms with Crippen molar-refractivity contribution < 1.29 is 0 Å². The van der Waals surface area contributed by atoms with Crippen molar-refractivity contribution >= 4 is 17.7 Å². The van der Waals surface area contributed by atoms with Crippen molar-refractivity contribution in [2.45, 2.75) is 6.54 Å². The molecule has 0 saturated carbocycles. The zero-order chi connectivity index (χ0) is 16.9. The Morgan fingerprint density at radius 2 is 1.20 bits per heavy atom. The van der Waals surface area contributed by atoms with Gasteiger partial charge in [0, 0.05) is 13.1 Å². The highest BCUT2D eigenvalue weighted by Crippen LogP contribution is 2.33. The zero-order valence-electron chi connectivity index (χ0n) is 14.2. The van der Waals surface area contributed by atoms with Crippen LogP contribution in [0.25, 0.3) is 17.7 Å². The minimum atomic E-state index is 0.840. The van der Waals surface area contributed by atoms with Gasteiger partial charge in [0.25, 0.3) is 0 Å². The van der Waals surface area contributed by atoms with Crippen LogP contribution in [0.3, 0.4) is 0 Å². The van der Waals surface area contributed by atoms with E-state index in [9.17, 15) is 0 Å². The first-order valence-corrected chi connectivity index (χ1v) is 8.73. The van der Waals surface area contributed by atoms with Crippen LogP contribution in [0.1, 0.15) is 27.8 Å². The highest BCUT2D eigenvalue weighted by Gasteiger charge is 2.13. The van der Waals surface area contributed by atoms with Gasteiger partial charge in [0.1, 0.15) is 0 Å². The maximum atomic E-state index is 3.53. The van der Waals surface area contributed by atoms with Gasteiger partial charge in [-0.15, -0.1) is 0 Å². The lowest BCUT2D eigenvalue weighted by Crippen LogP contribution is -2.13. The second kappa shape index (κ2) is 7.33. The van der Waals surface area contributed by atoms with Gasteiger partial charge in [0.15, 0.2) is 0 Å². The molecule has 3 aromatic rings. The molecule has 0 radical (unpaired) electrons. The second-order valence-corrected chi connectivity index (χ2v) is 6.24. The van der Waals surface area contributed by atoms with Crippen LogP contribution in [0.15, 0.2) is 84.9 Å². The van der Waals surface area contributed by atoms with E-state index in [0.717, 1.165) is 13.1 Å². The fraction of sp³-hybridized carbons (Fsp3) is 0.0833. The largest absolute Gasteiger partial charge is 0.309 e. The molecule has 0 fully saturated rings. The molecule has 0 aliphatic heterocycles. The molecule has 0 amide bonds. The fourth-order valence-corrected chi connectivity index (χ4v) is 3.31. The van der Waals surface area contributed by atoms with Gasteiger partial charge in [-0.1, -0.05) is 97.1 Å². The van der Waals surface area contributed by atoms with Crippen molar-refractivity contribution in [3.8, 4) is 0 Å². The molecule has 3 aromatic carbocycles. The summed E-state index contributed by atoms with van der Waals surface area (Å²) in [7, 11) is 0. The Bertz CT molecular complexity index is 868. The molecular formula is C24H21N. The van der Waals surface area contributed by atoms with Gasteiger partial charge in [0.2, 0.25) is 0 Å². The molecular weight excluding hydrogens is 302 g/mol. The Kier molecular flexibility index (Phi) is 4.58. The normalized spacial score (nSPS) is 12.2. The van der Waals surface area contributed by atoms with Gasteiger partial charge in [-0.25, -0.2) is 0 Å². The average molecular weight is 323 g/mol. The highest BCUT2D eigenvalue weighted by molar-refractivity contribution is 5.93. The Balaban J connectivity index is 1.62. The number of hydrogen-bond acceptors (Lipinski definition) is 1. The molecule has 1 N–H and O–H groups in total. The molecule has 1 aliphatic rings. The van der Waals surface area contributed by atoms with E-state index >= 15 is 0 Å². The summed E-state index contributed by atoms with van der Waals surface area (Å²) in [6.07, 6.45) is 6.74. The summed E-state index contributed by atoms with van der Waals surface area (Å²) in [6, 6.07) is 27.8. The second-order valence-electron chi connectivity index (χ2n) is 6.24. The van der Waals surface area contributed by atoms with Crippen molar-refractivity contribution in [3.05, 3.63) is 113 Å². The Morgan fingerprint density at radius 1 is 0.640 bits per heavy atom. The Labute approximate surface area is 149 Å². The van der Waals surface area contributed by atoms with Crippen molar-refractivity contribution in [2.24, 2.45) is 0 Å². The first-order chi connectivity index (χ1) is 12.4. The zero-order valence-corrected chi connectivity index (χ0v) is 14.2. The molecule has 122 valence electrons.